The quantitative estimate of drug-likeness (QED) is 0.482. The number of piperazine rings is 1. The predicted molar refractivity (Wildman–Crippen MR) is 130 cm³/mol. The Balaban J connectivity index is 1.45. The van der Waals surface area contributed by atoms with E-state index in [2.05, 4.69) is 39.9 Å². The van der Waals surface area contributed by atoms with Crippen LogP contribution in [0.5, 0.6) is 0 Å². The second-order valence-corrected chi connectivity index (χ2v) is 9.15. The largest absolute Gasteiger partial charge is 0.450 e. The lowest BCUT2D eigenvalue weighted by Gasteiger charge is -2.34. The highest BCUT2D eigenvalue weighted by Crippen LogP contribution is 2.24. The van der Waals surface area contributed by atoms with Crippen LogP contribution >= 0.6 is 11.8 Å². The second kappa shape index (κ2) is 10.8. The molecule has 2 aromatic heterocycles. The summed E-state index contributed by atoms with van der Waals surface area (Å²) in [6.45, 7) is 6.16. The molecule has 3 aromatic rings. The first-order valence-electron chi connectivity index (χ1n) is 11.4. The molecular formula is C24H30N6O3S. The van der Waals surface area contributed by atoms with E-state index in [-0.39, 0.29) is 17.8 Å². The third-order valence-corrected chi connectivity index (χ3v) is 6.78. The van der Waals surface area contributed by atoms with Crippen LogP contribution in [-0.4, -0.2) is 79.7 Å². The molecule has 180 valence electrons. The normalized spacial score (nSPS) is 13.9. The number of hydrogen-bond acceptors (Lipinski definition) is 6. The Morgan fingerprint density at radius 1 is 1.03 bits per heavy atom. The first-order valence-corrected chi connectivity index (χ1v) is 12.4. The Bertz CT molecular complexity index is 1130. The molecule has 10 heteroatoms. The monoisotopic (exact) mass is 482 g/mol. The third-order valence-electron chi connectivity index (χ3n) is 5.87. The first kappa shape index (κ1) is 23.9. The number of aromatic nitrogens is 4. The van der Waals surface area contributed by atoms with Crippen molar-refractivity contribution in [3.63, 3.8) is 0 Å². The fourth-order valence-electron chi connectivity index (χ4n) is 3.87. The van der Waals surface area contributed by atoms with Crippen LogP contribution in [0.1, 0.15) is 24.0 Å². The van der Waals surface area contributed by atoms with Gasteiger partial charge < -0.3 is 19.1 Å². The van der Waals surface area contributed by atoms with Crippen molar-refractivity contribution < 1.29 is 14.3 Å². The number of aryl methyl sites for hydroxylation is 2. The summed E-state index contributed by atoms with van der Waals surface area (Å²) < 4.78 is 9.15. The Morgan fingerprint density at radius 3 is 2.38 bits per heavy atom. The van der Waals surface area contributed by atoms with Crippen molar-refractivity contribution in [2.45, 2.75) is 25.4 Å². The van der Waals surface area contributed by atoms with Gasteiger partial charge in [0.1, 0.15) is 5.82 Å². The fourth-order valence-corrected chi connectivity index (χ4v) is 4.75. The van der Waals surface area contributed by atoms with E-state index in [4.69, 9.17) is 4.74 Å². The number of nitrogens with zero attached hydrogens (tertiary/aromatic N) is 6. The lowest BCUT2D eigenvalue weighted by molar-refractivity contribution is -0.129. The molecule has 9 nitrogen and oxygen atoms in total. The zero-order valence-electron chi connectivity index (χ0n) is 19.8. The number of hydrogen-bond donors (Lipinski definition) is 0. The van der Waals surface area contributed by atoms with Crippen molar-refractivity contribution in [2.24, 2.45) is 7.05 Å². The van der Waals surface area contributed by atoms with Gasteiger partial charge in [0.2, 0.25) is 5.91 Å². The standard InChI is InChI=1S/C24H30N6O3S/c1-4-33-24(32)29-14-12-28(13-15-29)22(31)17-34-23-26-25-21(16-20-6-5-11-27(20)3)30(23)19-9-7-18(2)8-10-19/h5-11H,4,12-17H2,1-3H3. The second-order valence-electron chi connectivity index (χ2n) is 8.21. The van der Waals surface area contributed by atoms with Gasteiger partial charge in [-0.15, -0.1) is 10.2 Å². The summed E-state index contributed by atoms with van der Waals surface area (Å²) in [6.07, 6.45) is 2.33. The van der Waals surface area contributed by atoms with Crippen LogP contribution in [0.3, 0.4) is 0 Å². The van der Waals surface area contributed by atoms with Gasteiger partial charge in [0.15, 0.2) is 5.16 Å². The minimum atomic E-state index is -0.319. The molecule has 1 fully saturated rings. The number of thioether (sulfide) groups is 1. The molecule has 0 bridgehead atoms. The molecule has 0 atom stereocenters. The van der Waals surface area contributed by atoms with E-state index in [1.807, 2.05) is 36.0 Å². The summed E-state index contributed by atoms with van der Waals surface area (Å²) in [5, 5.41) is 9.58. The molecule has 4 rings (SSSR count). The molecule has 0 unspecified atom stereocenters. The maximum atomic E-state index is 12.9. The number of benzene rings is 1. The molecule has 1 saturated heterocycles. The predicted octanol–water partition coefficient (Wildman–Crippen LogP) is 2.90. The van der Waals surface area contributed by atoms with Crippen LogP contribution in [0.15, 0.2) is 47.8 Å². The van der Waals surface area contributed by atoms with Gasteiger partial charge in [0.25, 0.3) is 0 Å². The fraction of sp³-hybridized carbons (Fsp3) is 0.417. The molecule has 0 N–H and O–H groups in total. The van der Waals surface area contributed by atoms with Crippen molar-refractivity contribution in [3.8, 4) is 5.69 Å². The Labute approximate surface area is 203 Å². The Kier molecular flexibility index (Phi) is 7.56. The zero-order valence-corrected chi connectivity index (χ0v) is 20.6. The SMILES string of the molecule is CCOC(=O)N1CCN(C(=O)CSc2nnc(Cc3cccn3C)n2-c2ccc(C)cc2)CC1. The van der Waals surface area contributed by atoms with Crippen molar-refractivity contribution in [3.05, 3.63) is 59.7 Å². The molecule has 0 radical (unpaired) electrons. The van der Waals surface area contributed by atoms with Gasteiger partial charge in [-0.3, -0.25) is 9.36 Å². The summed E-state index contributed by atoms with van der Waals surface area (Å²) in [7, 11) is 2.01. The van der Waals surface area contributed by atoms with Crippen LogP contribution in [0.25, 0.3) is 5.69 Å². The van der Waals surface area contributed by atoms with Crippen molar-refractivity contribution in [1.82, 2.24) is 29.1 Å². The van der Waals surface area contributed by atoms with Crippen molar-refractivity contribution >= 4 is 23.8 Å². The Hall–Kier alpha value is -3.27. The van der Waals surface area contributed by atoms with E-state index in [0.29, 0.717) is 44.4 Å². The van der Waals surface area contributed by atoms with Gasteiger partial charge in [0, 0.05) is 57.2 Å². The summed E-state index contributed by atoms with van der Waals surface area (Å²) in [5.74, 6) is 1.10. The van der Waals surface area contributed by atoms with Gasteiger partial charge >= 0.3 is 6.09 Å². The Morgan fingerprint density at radius 2 is 1.74 bits per heavy atom. The third kappa shape index (κ3) is 5.44. The summed E-state index contributed by atoms with van der Waals surface area (Å²) in [5.41, 5.74) is 3.28. The van der Waals surface area contributed by atoms with Gasteiger partial charge in [-0.1, -0.05) is 29.5 Å². The van der Waals surface area contributed by atoms with Crippen LogP contribution < -0.4 is 0 Å². The molecule has 0 aliphatic carbocycles. The number of carbonyl (C=O) groups excluding carboxylic acids is 2. The van der Waals surface area contributed by atoms with Crippen LogP contribution in [0.2, 0.25) is 0 Å². The highest BCUT2D eigenvalue weighted by molar-refractivity contribution is 7.99. The van der Waals surface area contributed by atoms with E-state index in [1.54, 1.807) is 16.7 Å². The molecule has 1 aliphatic heterocycles. The smallest absolute Gasteiger partial charge is 0.409 e. The summed E-state index contributed by atoms with van der Waals surface area (Å²) in [6, 6.07) is 12.3. The molecule has 3 heterocycles. The average molecular weight is 483 g/mol. The minimum absolute atomic E-state index is 0.0240. The molecule has 0 saturated carbocycles. The average Bonchev–Trinajstić information content (AvgIpc) is 3.44. The topological polar surface area (TPSA) is 85.5 Å². The van der Waals surface area contributed by atoms with Gasteiger partial charge in [-0.05, 0) is 38.1 Å². The van der Waals surface area contributed by atoms with Gasteiger partial charge in [0.05, 0.1) is 12.4 Å². The van der Waals surface area contributed by atoms with E-state index in [9.17, 15) is 9.59 Å². The lowest BCUT2D eigenvalue weighted by atomic mass is 10.2. The molecule has 1 aliphatic rings. The van der Waals surface area contributed by atoms with Crippen molar-refractivity contribution in [2.75, 3.05) is 38.5 Å². The van der Waals surface area contributed by atoms with E-state index in [0.717, 1.165) is 17.2 Å². The van der Waals surface area contributed by atoms with Gasteiger partial charge in [-0.2, -0.15) is 0 Å². The molecule has 34 heavy (non-hydrogen) atoms. The molecule has 0 spiro atoms. The molecule has 2 amide bonds. The maximum absolute atomic E-state index is 12.9. The van der Waals surface area contributed by atoms with E-state index in [1.165, 1.54) is 17.3 Å². The van der Waals surface area contributed by atoms with Crippen LogP contribution in [0.4, 0.5) is 4.79 Å². The number of amides is 2. The maximum Gasteiger partial charge on any atom is 0.409 e. The number of rotatable bonds is 7. The molecule has 1 aromatic carbocycles. The van der Waals surface area contributed by atoms with E-state index < -0.39 is 0 Å². The van der Waals surface area contributed by atoms with Crippen LogP contribution in [0, 0.1) is 6.92 Å². The lowest BCUT2D eigenvalue weighted by Crippen LogP contribution is -2.51. The zero-order chi connectivity index (χ0) is 24.1. The van der Waals surface area contributed by atoms with Crippen molar-refractivity contribution in [1.29, 1.82) is 0 Å². The summed E-state index contributed by atoms with van der Waals surface area (Å²) >= 11 is 1.39. The van der Waals surface area contributed by atoms with Crippen LogP contribution in [-0.2, 0) is 23.0 Å². The number of ether oxygens (including phenoxy) is 1. The highest BCUT2D eigenvalue weighted by atomic mass is 32.2. The first-order chi connectivity index (χ1) is 16.5. The summed E-state index contributed by atoms with van der Waals surface area (Å²) in [4.78, 5) is 28.2. The minimum Gasteiger partial charge on any atom is -0.450 e. The van der Waals surface area contributed by atoms with E-state index >= 15 is 0 Å². The number of carbonyl (C=O) groups is 2. The molecular weight excluding hydrogens is 452 g/mol. The highest BCUT2D eigenvalue weighted by Gasteiger charge is 2.25. The van der Waals surface area contributed by atoms with Gasteiger partial charge in [-0.25, -0.2) is 4.79 Å².